The van der Waals surface area contributed by atoms with Gasteiger partial charge in [0.25, 0.3) is 10.0 Å². The molecule has 1 aromatic heterocycles. The molecular weight excluding hydrogens is 446 g/mol. The van der Waals surface area contributed by atoms with E-state index in [0.29, 0.717) is 10.9 Å². The van der Waals surface area contributed by atoms with Crippen LogP contribution < -0.4 is 4.72 Å². The van der Waals surface area contributed by atoms with Crippen molar-refractivity contribution < 1.29 is 17.9 Å². The van der Waals surface area contributed by atoms with Gasteiger partial charge in [-0.1, -0.05) is 88.7 Å². The van der Waals surface area contributed by atoms with Crippen LogP contribution in [0.1, 0.15) is 101 Å². The lowest BCUT2D eigenvalue weighted by Gasteiger charge is -2.31. The van der Waals surface area contributed by atoms with E-state index in [9.17, 15) is 8.42 Å². The smallest absolute Gasteiger partial charge is 0.263 e. The highest BCUT2D eigenvalue weighted by Crippen LogP contribution is 2.34. The summed E-state index contributed by atoms with van der Waals surface area (Å²) in [5, 5.41) is 8.51. The van der Waals surface area contributed by atoms with Crippen molar-refractivity contribution in [2.45, 2.75) is 102 Å². The topological polar surface area (TPSA) is 90.4 Å². The SMILES string of the molecule is CCCCCCCCCCC(C)c1ccc(S(=O)(=O)Nc2nnc(C3OC(C)O3)s2)cc1. The molecule has 1 aliphatic rings. The maximum absolute atomic E-state index is 12.7. The van der Waals surface area contributed by atoms with Crippen molar-refractivity contribution in [2.24, 2.45) is 0 Å². The monoisotopic (exact) mass is 481 g/mol. The molecule has 32 heavy (non-hydrogen) atoms. The molecule has 3 rings (SSSR count). The third kappa shape index (κ3) is 7.23. The Hall–Kier alpha value is -1.55. The highest BCUT2D eigenvalue weighted by molar-refractivity contribution is 7.93. The predicted molar refractivity (Wildman–Crippen MR) is 127 cm³/mol. The molecule has 0 radical (unpaired) electrons. The summed E-state index contributed by atoms with van der Waals surface area (Å²) in [5.74, 6) is 0.412. The quantitative estimate of drug-likeness (QED) is 0.316. The van der Waals surface area contributed by atoms with E-state index in [1.165, 1.54) is 56.9 Å². The molecule has 1 atom stereocenters. The van der Waals surface area contributed by atoms with E-state index < -0.39 is 16.3 Å². The minimum Gasteiger partial charge on any atom is -0.317 e. The minimum atomic E-state index is -3.73. The Bertz CT molecular complexity index is 925. The summed E-state index contributed by atoms with van der Waals surface area (Å²) >= 11 is 1.10. The fourth-order valence-corrected chi connectivity index (χ4v) is 5.69. The maximum atomic E-state index is 12.7. The average Bonchev–Trinajstić information content (AvgIpc) is 3.20. The lowest BCUT2D eigenvalue weighted by Crippen LogP contribution is -2.31. The van der Waals surface area contributed by atoms with Crippen LogP contribution in [0.15, 0.2) is 29.2 Å². The van der Waals surface area contributed by atoms with Gasteiger partial charge in [0.15, 0.2) is 11.3 Å². The van der Waals surface area contributed by atoms with Crippen molar-refractivity contribution in [2.75, 3.05) is 4.72 Å². The highest BCUT2D eigenvalue weighted by atomic mass is 32.2. The molecule has 0 saturated carbocycles. The average molecular weight is 482 g/mol. The number of sulfonamides is 1. The second kappa shape index (κ2) is 12.1. The van der Waals surface area contributed by atoms with Crippen LogP contribution in [-0.2, 0) is 19.5 Å². The van der Waals surface area contributed by atoms with Crippen molar-refractivity contribution in [1.82, 2.24) is 10.2 Å². The molecule has 0 amide bonds. The van der Waals surface area contributed by atoms with Gasteiger partial charge in [0.05, 0.1) is 4.90 Å². The first-order valence-electron chi connectivity index (χ1n) is 11.7. The number of hydrogen-bond donors (Lipinski definition) is 1. The molecule has 1 fully saturated rings. The van der Waals surface area contributed by atoms with Crippen LogP contribution in [-0.4, -0.2) is 24.9 Å². The Morgan fingerprint density at radius 1 is 1.00 bits per heavy atom. The maximum Gasteiger partial charge on any atom is 0.263 e. The fourth-order valence-electron chi connectivity index (χ4n) is 3.75. The first-order valence-corrected chi connectivity index (χ1v) is 14.0. The van der Waals surface area contributed by atoms with Gasteiger partial charge in [-0.25, -0.2) is 8.42 Å². The zero-order valence-corrected chi connectivity index (χ0v) is 20.9. The molecule has 2 aromatic rings. The number of aromatic nitrogens is 2. The van der Waals surface area contributed by atoms with E-state index in [1.807, 2.05) is 12.1 Å². The Morgan fingerprint density at radius 2 is 1.62 bits per heavy atom. The highest BCUT2D eigenvalue weighted by Gasteiger charge is 2.32. The molecule has 1 aliphatic heterocycles. The molecule has 2 heterocycles. The van der Waals surface area contributed by atoms with Crippen LogP contribution in [0.25, 0.3) is 0 Å². The zero-order chi connectivity index (χ0) is 23.0. The number of nitrogens with one attached hydrogen (secondary N) is 1. The van der Waals surface area contributed by atoms with Gasteiger partial charge in [0, 0.05) is 0 Å². The van der Waals surface area contributed by atoms with E-state index in [1.54, 1.807) is 19.1 Å². The molecule has 1 aromatic carbocycles. The molecule has 0 aliphatic carbocycles. The molecule has 1 unspecified atom stereocenters. The Labute approximate surface area is 196 Å². The van der Waals surface area contributed by atoms with Crippen molar-refractivity contribution in [1.29, 1.82) is 0 Å². The number of benzene rings is 1. The summed E-state index contributed by atoms with van der Waals surface area (Å²) in [4.78, 5) is 0.210. The van der Waals surface area contributed by atoms with E-state index >= 15 is 0 Å². The Morgan fingerprint density at radius 3 is 2.25 bits per heavy atom. The first kappa shape index (κ1) is 25.1. The van der Waals surface area contributed by atoms with E-state index in [2.05, 4.69) is 28.8 Å². The van der Waals surface area contributed by atoms with Crippen molar-refractivity contribution in [3.8, 4) is 0 Å². The molecule has 0 bridgehead atoms. The Balaban J connectivity index is 1.44. The largest absolute Gasteiger partial charge is 0.317 e. The van der Waals surface area contributed by atoms with Crippen LogP contribution in [0.4, 0.5) is 5.13 Å². The van der Waals surface area contributed by atoms with Crippen LogP contribution in [0, 0.1) is 0 Å². The molecule has 9 heteroatoms. The summed E-state index contributed by atoms with van der Waals surface area (Å²) in [7, 11) is -3.73. The summed E-state index contributed by atoms with van der Waals surface area (Å²) in [6.07, 6.45) is 10.8. The van der Waals surface area contributed by atoms with Gasteiger partial charge in [0.1, 0.15) is 0 Å². The lowest BCUT2D eigenvalue weighted by molar-refractivity contribution is -0.382. The first-order chi connectivity index (χ1) is 15.4. The Kier molecular flexibility index (Phi) is 9.46. The van der Waals surface area contributed by atoms with Gasteiger partial charge in [-0.15, -0.1) is 10.2 Å². The van der Waals surface area contributed by atoms with Gasteiger partial charge >= 0.3 is 0 Å². The summed E-state index contributed by atoms with van der Waals surface area (Å²) in [5.41, 5.74) is 1.17. The minimum absolute atomic E-state index is 0.193. The molecule has 1 N–H and O–H groups in total. The third-order valence-electron chi connectivity index (χ3n) is 5.74. The molecular formula is C23H35N3O4S2. The second-order valence-corrected chi connectivity index (χ2v) is 11.1. The van der Waals surface area contributed by atoms with Gasteiger partial charge in [-0.3, -0.25) is 4.72 Å². The van der Waals surface area contributed by atoms with Gasteiger partial charge in [0.2, 0.25) is 11.4 Å². The van der Waals surface area contributed by atoms with Gasteiger partial charge < -0.3 is 9.47 Å². The zero-order valence-electron chi connectivity index (χ0n) is 19.2. The number of nitrogens with zero attached hydrogens (tertiary/aromatic N) is 2. The van der Waals surface area contributed by atoms with Crippen LogP contribution in [0.5, 0.6) is 0 Å². The van der Waals surface area contributed by atoms with E-state index in [-0.39, 0.29) is 16.3 Å². The van der Waals surface area contributed by atoms with Gasteiger partial charge in [-0.2, -0.15) is 0 Å². The van der Waals surface area contributed by atoms with Crippen LogP contribution >= 0.6 is 11.3 Å². The van der Waals surface area contributed by atoms with Crippen molar-refractivity contribution in [3.05, 3.63) is 34.8 Å². The lowest BCUT2D eigenvalue weighted by atomic mass is 9.95. The van der Waals surface area contributed by atoms with Crippen molar-refractivity contribution in [3.63, 3.8) is 0 Å². The number of rotatable bonds is 14. The summed E-state index contributed by atoms with van der Waals surface area (Å²) in [6.45, 7) is 6.23. The van der Waals surface area contributed by atoms with E-state index in [0.717, 1.165) is 17.8 Å². The van der Waals surface area contributed by atoms with Crippen LogP contribution in [0.3, 0.4) is 0 Å². The third-order valence-corrected chi connectivity index (χ3v) is 8.09. The number of anilines is 1. The van der Waals surface area contributed by atoms with E-state index in [4.69, 9.17) is 9.47 Å². The van der Waals surface area contributed by atoms with Crippen molar-refractivity contribution >= 4 is 26.5 Å². The predicted octanol–water partition coefficient (Wildman–Crippen LogP) is 6.36. The van der Waals surface area contributed by atoms with Gasteiger partial charge in [-0.05, 0) is 37.0 Å². The number of ether oxygens (including phenoxy) is 2. The number of unbranched alkanes of at least 4 members (excludes halogenated alkanes) is 7. The molecule has 1 saturated heterocycles. The van der Waals surface area contributed by atoms with Crippen LogP contribution in [0.2, 0.25) is 0 Å². The molecule has 7 nitrogen and oxygen atoms in total. The normalized spacial score (nSPS) is 19.5. The standard InChI is InChI=1S/C23H35N3O4S2/c1-4-5-6-7-8-9-10-11-12-17(2)19-13-15-20(16-14-19)32(27,28)26-23-25-24-21(31-23)22-29-18(3)30-22/h13-18,22H,4-12H2,1-3H3,(H,25,26). The fraction of sp³-hybridized carbons (Fsp3) is 0.652. The second-order valence-electron chi connectivity index (χ2n) is 8.46. The number of hydrogen-bond acceptors (Lipinski definition) is 7. The molecule has 178 valence electrons. The molecule has 0 spiro atoms. The summed E-state index contributed by atoms with van der Waals surface area (Å²) < 4.78 is 38.6. The summed E-state index contributed by atoms with van der Waals surface area (Å²) in [6, 6.07) is 7.13.